The fourth-order valence-electron chi connectivity index (χ4n) is 2.99. The molecule has 2 N–H and O–H groups in total. The van der Waals surface area contributed by atoms with Crippen LogP contribution in [0.4, 0.5) is 0 Å². The lowest BCUT2D eigenvalue weighted by Crippen LogP contribution is -2.40. The summed E-state index contributed by atoms with van der Waals surface area (Å²) < 4.78 is 1.82. The molecule has 1 aliphatic carbocycles. The second-order valence-electron chi connectivity index (χ2n) is 5.70. The summed E-state index contributed by atoms with van der Waals surface area (Å²) in [5.74, 6) is -1.07. The summed E-state index contributed by atoms with van der Waals surface area (Å²) in [6, 6.07) is 7.88. The highest BCUT2D eigenvalue weighted by atomic mass is 16.4. The molecule has 0 unspecified atom stereocenters. The number of carbonyl (C=O) groups is 1. The van der Waals surface area contributed by atoms with Crippen molar-refractivity contribution in [2.24, 2.45) is 5.92 Å². The van der Waals surface area contributed by atoms with E-state index in [2.05, 4.69) is 5.10 Å². The van der Waals surface area contributed by atoms with Crippen LogP contribution in [-0.2, 0) is 11.3 Å². The third-order valence-corrected chi connectivity index (χ3v) is 4.26. The van der Waals surface area contributed by atoms with Gasteiger partial charge in [0.25, 0.3) is 0 Å². The number of nitrogens with zero attached hydrogens (tertiary/aromatic N) is 2. The maximum absolute atomic E-state index is 11.0. The molecule has 0 saturated heterocycles. The summed E-state index contributed by atoms with van der Waals surface area (Å²) in [5.41, 5.74) is 0.155. The first-order chi connectivity index (χ1) is 9.57. The Morgan fingerprint density at radius 3 is 2.75 bits per heavy atom. The van der Waals surface area contributed by atoms with E-state index in [1.807, 2.05) is 28.9 Å². The predicted octanol–water partition coefficient (Wildman–Crippen LogP) is 2.04. The third-order valence-electron chi connectivity index (χ3n) is 4.26. The molecule has 1 aromatic carbocycles. The molecule has 20 heavy (non-hydrogen) atoms. The molecular weight excluding hydrogens is 256 g/mol. The normalized spacial score (nSPS) is 26.8. The van der Waals surface area contributed by atoms with E-state index in [1.54, 1.807) is 6.20 Å². The number of hydrogen-bond acceptors (Lipinski definition) is 3. The van der Waals surface area contributed by atoms with Gasteiger partial charge in [-0.15, -0.1) is 0 Å². The standard InChI is InChI=1S/C15H18N2O3/c18-14(19)11-5-7-15(20,8-6-11)10-17-13-4-2-1-3-12(13)9-16-17/h1-4,9,11,20H,5-8,10H2,(H,18,19). The van der Waals surface area contributed by atoms with Crippen LogP contribution >= 0.6 is 0 Å². The molecule has 1 aromatic heterocycles. The van der Waals surface area contributed by atoms with Gasteiger partial charge in [-0.05, 0) is 31.7 Å². The number of aliphatic carboxylic acids is 1. The number of aromatic nitrogens is 2. The Bertz CT molecular complexity index is 627. The first kappa shape index (κ1) is 13.1. The van der Waals surface area contributed by atoms with Crippen molar-refractivity contribution in [3.8, 4) is 0 Å². The summed E-state index contributed by atoms with van der Waals surface area (Å²) in [5, 5.41) is 25.0. The Balaban J connectivity index is 1.76. The van der Waals surface area contributed by atoms with Gasteiger partial charge in [0.05, 0.1) is 29.8 Å². The smallest absolute Gasteiger partial charge is 0.306 e. The molecule has 0 bridgehead atoms. The molecule has 0 atom stereocenters. The van der Waals surface area contributed by atoms with Gasteiger partial charge >= 0.3 is 5.97 Å². The number of benzene rings is 1. The molecule has 0 spiro atoms. The Morgan fingerprint density at radius 2 is 2.05 bits per heavy atom. The van der Waals surface area contributed by atoms with Crippen LogP contribution in [-0.4, -0.2) is 31.6 Å². The predicted molar refractivity (Wildman–Crippen MR) is 74.3 cm³/mol. The van der Waals surface area contributed by atoms with E-state index >= 15 is 0 Å². The van der Waals surface area contributed by atoms with Crippen LogP contribution < -0.4 is 0 Å². The van der Waals surface area contributed by atoms with Gasteiger partial charge in [0.15, 0.2) is 0 Å². The number of aliphatic hydroxyl groups is 1. The fraction of sp³-hybridized carbons (Fsp3) is 0.467. The van der Waals surface area contributed by atoms with Crippen molar-refractivity contribution >= 4 is 16.9 Å². The van der Waals surface area contributed by atoms with E-state index in [9.17, 15) is 9.90 Å². The molecule has 5 heteroatoms. The van der Waals surface area contributed by atoms with Crippen molar-refractivity contribution in [1.29, 1.82) is 0 Å². The highest BCUT2D eigenvalue weighted by Crippen LogP contribution is 2.34. The highest BCUT2D eigenvalue weighted by molar-refractivity contribution is 5.78. The van der Waals surface area contributed by atoms with Crippen LogP contribution in [0.15, 0.2) is 30.5 Å². The van der Waals surface area contributed by atoms with Gasteiger partial charge in [-0.1, -0.05) is 18.2 Å². The van der Waals surface area contributed by atoms with Crippen LogP contribution in [0.2, 0.25) is 0 Å². The van der Waals surface area contributed by atoms with Crippen LogP contribution in [0, 0.1) is 5.92 Å². The number of hydrogen-bond donors (Lipinski definition) is 2. The van der Waals surface area contributed by atoms with Gasteiger partial charge in [-0.3, -0.25) is 9.48 Å². The lowest BCUT2D eigenvalue weighted by Gasteiger charge is -2.34. The molecule has 1 fully saturated rings. The zero-order valence-corrected chi connectivity index (χ0v) is 11.2. The molecule has 1 aliphatic rings. The molecule has 3 rings (SSSR count). The van der Waals surface area contributed by atoms with Crippen LogP contribution in [0.5, 0.6) is 0 Å². The van der Waals surface area contributed by atoms with E-state index in [4.69, 9.17) is 5.11 Å². The van der Waals surface area contributed by atoms with E-state index in [1.165, 1.54) is 0 Å². The van der Waals surface area contributed by atoms with Gasteiger partial charge in [0.1, 0.15) is 0 Å². The topological polar surface area (TPSA) is 75.3 Å². The number of para-hydroxylation sites is 1. The SMILES string of the molecule is O=C(O)C1CCC(O)(Cn2ncc3ccccc32)CC1. The van der Waals surface area contributed by atoms with Crippen molar-refractivity contribution in [2.45, 2.75) is 37.8 Å². The van der Waals surface area contributed by atoms with E-state index in [-0.39, 0.29) is 5.92 Å². The molecule has 5 nitrogen and oxygen atoms in total. The summed E-state index contributed by atoms with van der Waals surface area (Å²) in [7, 11) is 0. The zero-order valence-electron chi connectivity index (χ0n) is 11.2. The monoisotopic (exact) mass is 274 g/mol. The summed E-state index contributed by atoms with van der Waals surface area (Å²) in [6.07, 6.45) is 3.88. The molecule has 2 aromatic rings. The minimum atomic E-state index is -0.846. The summed E-state index contributed by atoms with van der Waals surface area (Å²) >= 11 is 0. The van der Waals surface area contributed by atoms with Crippen molar-refractivity contribution < 1.29 is 15.0 Å². The molecule has 0 radical (unpaired) electrons. The Morgan fingerprint density at radius 1 is 1.35 bits per heavy atom. The maximum Gasteiger partial charge on any atom is 0.306 e. The van der Waals surface area contributed by atoms with Gasteiger partial charge in [-0.25, -0.2) is 0 Å². The third kappa shape index (κ3) is 2.41. The van der Waals surface area contributed by atoms with Gasteiger partial charge in [-0.2, -0.15) is 5.10 Å². The maximum atomic E-state index is 11.0. The minimum absolute atomic E-state index is 0.315. The van der Waals surface area contributed by atoms with Crippen molar-refractivity contribution in [3.63, 3.8) is 0 Å². The second kappa shape index (κ2) is 4.90. The van der Waals surface area contributed by atoms with Crippen LogP contribution in [0.25, 0.3) is 10.9 Å². The van der Waals surface area contributed by atoms with E-state index < -0.39 is 11.6 Å². The number of carboxylic acid groups (broad SMARTS) is 1. The number of fused-ring (bicyclic) bond motifs is 1. The van der Waals surface area contributed by atoms with Gasteiger partial charge in [0.2, 0.25) is 0 Å². The Kier molecular flexibility index (Phi) is 3.22. The molecular formula is C15H18N2O3. The largest absolute Gasteiger partial charge is 0.481 e. The quantitative estimate of drug-likeness (QED) is 0.898. The molecule has 0 amide bonds. The number of rotatable bonds is 3. The van der Waals surface area contributed by atoms with Crippen molar-refractivity contribution in [2.75, 3.05) is 0 Å². The van der Waals surface area contributed by atoms with Gasteiger partial charge in [0, 0.05) is 5.39 Å². The van der Waals surface area contributed by atoms with Crippen molar-refractivity contribution in [3.05, 3.63) is 30.5 Å². The Labute approximate surface area is 116 Å². The van der Waals surface area contributed by atoms with Crippen LogP contribution in [0.1, 0.15) is 25.7 Å². The summed E-state index contributed by atoms with van der Waals surface area (Å²) in [6.45, 7) is 0.423. The van der Waals surface area contributed by atoms with Crippen LogP contribution in [0.3, 0.4) is 0 Å². The lowest BCUT2D eigenvalue weighted by atomic mass is 9.79. The first-order valence-electron chi connectivity index (χ1n) is 6.93. The molecule has 106 valence electrons. The fourth-order valence-corrected chi connectivity index (χ4v) is 2.99. The molecule has 0 aliphatic heterocycles. The molecule has 1 saturated carbocycles. The van der Waals surface area contributed by atoms with E-state index in [0.29, 0.717) is 32.2 Å². The average molecular weight is 274 g/mol. The number of carboxylic acids is 1. The Hall–Kier alpha value is -1.88. The lowest BCUT2D eigenvalue weighted by molar-refractivity contribution is -0.145. The van der Waals surface area contributed by atoms with Crippen molar-refractivity contribution in [1.82, 2.24) is 9.78 Å². The minimum Gasteiger partial charge on any atom is -0.481 e. The second-order valence-corrected chi connectivity index (χ2v) is 5.70. The molecule has 1 heterocycles. The highest BCUT2D eigenvalue weighted by Gasteiger charge is 2.36. The zero-order chi connectivity index (χ0) is 14.2. The summed E-state index contributed by atoms with van der Waals surface area (Å²) in [4.78, 5) is 11.0. The first-order valence-corrected chi connectivity index (χ1v) is 6.93. The van der Waals surface area contributed by atoms with E-state index in [0.717, 1.165) is 10.9 Å². The van der Waals surface area contributed by atoms with Gasteiger partial charge < -0.3 is 10.2 Å². The average Bonchev–Trinajstić information content (AvgIpc) is 2.82.